The van der Waals surface area contributed by atoms with E-state index in [2.05, 4.69) is 5.32 Å². The van der Waals surface area contributed by atoms with Crippen LogP contribution in [0.5, 0.6) is 0 Å². The number of halogens is 1. The summed E-state index contributed by atoms with van der Waals surface area (Å²) in [4.78, 5) is 0. The van der Waals surface area contributed by atoms with Crippen molar-refractivity contribution in [2.24, 2.45) is 0 Å². The van der Waals surface area contributed by atoms with E-state index < -0.39 is 11.9 Å². The molecule has 0 fully saturated rings. The van der Waals surface area contributed by atoms with Gasteiger partial charge in [-0.2, -0.15) is 0 Å². The van der Waals surface area contributed by atoms with E-state index in [0.717, 1.165) is 16.7 Å². The number of hydrogen-bond acceptors (Lipinski definition) is 3. The number of aliphatic hydroxyl groups is 1. The largest absolute Gasteiger partial charge is 0.460 e. The molecule has 0 bridgehead atoms. The Morgan fingerprint density at radius 1 is 1.10 bits per heavy atom. The summed E-state index contributed by atoms with van der Waals surface area (Å²) in [5.74, 6) is 0.396. The maximum absolute atomic E-state index is 13.5. The van der Waals surface area contributed by atoms with Crippen LogP contribution >= 0.6 is 0 Å². The second-order valence-corrected chi connectivity index (χ2v) is 4.92. The van der Waals surface area contributed by atoms with E-state index in [9.17, 15) is 9.50 Å². The first-order valence-electron chi connectivity index (χ1n) is 6.85. The predicted octanol–water partition coefficient (Wildman–Crippen LogP) is 3.40. The van der Waals surface area contributed by atoms with E-state index in [1.165, 1.54) is 6.07 Å². The molecule has 0 spiro atoms. The first-order chi connectivity index (χ1) is 10.2. The molecule has 0 amide bonds. The Morgan fingerprint density at radius 3 is 2.67 bits per heavy atom. The summed E-state index contributed by atoms with van der Waals surface area (Å²) in [6, 6.07) is 16.0. The van der Waals surface area contributed by atoms with E-state index in [4.69, 9.17) is 4.42 Å². The molecule has 2 N–H and O–H groups in total. The van der Waals surface area contributed by atoms with Gasteiger partial charge in [-0.1, -0.05) is 36.4 Å². The fourth-order valence-electron chi connectivity index (χ4n) is 2.31. The molecule has 3 nitrogen and oxygen atoms in total. The van der Waals surface area contributed by atoms with Gasteiger partial charge in [0.25, 0.3) is 0 Å². The summed E-state index contributed by atoms with van der Waals surface area (Å²) in [5, 5.41) is 14.1. The fourth-order valence-corrected chi connectivity index (χ4v) is 2.31. The molecule has 0 aliphatic carbocycles. The molecule has 0 saturated carbocycles. The number of para-hydroxylation sites is 1. The average molecular weight is 285 g/mol. The van der Waals surface area contributed by atoms with Gasteiger partial charge in [0.05, 0.1) is 12.6 Å². The van der Waals surface area contributed by atoms with Crippen molar-refractivity contribution < 1.29 is 13.9 Å². The van der Waals surface area contributed by atoms with Gasteiger partial charge >= 0.3 is 0 Å². The fraction of sp³-hybridized carbons (Fsp3) is 0.176. The van der Waals surface area contributed by atoms with Crippen LogP contribution in [0.3, 0.4) is 0 Å². The molecule has 0 saturated heterocycles. The van der Waals surface area contributed by atoms with Crippen LogP contribution in [-0.4, -0.2) is 11.7 Å². The molecule has 0 aliphatic rings. The number of nitrogens with one attached hydrogen (secondary N) is 1. The first-order valence-corrected chi connectivity index (χ1v) is 6.85. The molecule has 3 aromatic rings. The van der Waals surface area contributed by atoms with Gasteiger partial charge in [0.2, 0.25) is 0 Å². The van der Waals surface area contributed by atoms with Crippen LogP contribution in [0.4, 0.5) is 4.39 Å². The van der Waals surface area contributed by atoms with Crippen molar-refractivity contribution in [3.05, 3.63) is 71.7 Å². The van der Waals surface area contributed by atoms with Crippen LogP contribution in [0.25, 0.3) is 11.0 Å². The van der Waals surface area contributed by atoms with Gasteiger partial charge in [0.1, 0.15) is 17.2 Å². The number of aliphatic hydroxyl groups excluding tert-OH is 1. The second kappa shape index (κ2) is 6.08. The minimum Gasteiger partial charge on any atom is -0.460 e. The summed E-state index contributed by atoms with van der Waals surface area (Å²) in [6.07, 6.45) is -0.879. The van der Waals surface area contributed by atoms with Gasteiger partial charge < -0.3 is 14.8 Å². The predicted molar refractivity (Wildman–Crippen MR) is 79.3 cm³/mol. The molecule has 0 radical (unpaired) electrons. The van der Waals surface area contributed by atoms with Crippen molar-refractivity contribution in [3.8, 4) is 0 Å². The monoisotopic (exact) mass is 285 g/mol. The van der Waals surface area contributed by atoms with Crippen LogP contribution in [0, 0.1) is 5.82 Å². The van der Waals surface area contributed by atoms with Crippen molar-refractivity contribution in [3.63, 3.8) is 0 Å². The molecule has 4 heteroatoms. The third-order valence-electron chi connectivity index (χ3n) is 3.38. The topological polar surface area (TPSA) is 45.4 Å². The maximum atomic E-state index is 13.5. The smallest absolute Gasteiger partial charge is 0.134 e. The summed E-state index contributed by atoms with van der Waals surface area (Å²) < 4.78 is 19.2. The van der Waals surface area contributed by atoms with Gasteiger partial charge in [0.15, 0.2) is 0 Å². The van der Waals surface area contributed by atoms with Crippen molar-refractivity contribution in [1.82, 2.24) is 5.32 Å². The quantitative estimate of drug-likeness (QED) is 0.755. The zero-order valence-corrected chi connectivity index (χ0v) is 11.4. The van der Waals surface area contributed by atoms with Gasteiger partial charge in [-0.05, 0) is 18.2 Å². The van der Waals surface area contributed by atoms with Crippen LogP contribution in [0.15, 0.2) is 59.0 Å². The van der Waals surface area contributed by atoms with Gasteiger partial charge in [-0.15, -0.1) is 0 Å². The Morgan fingerprint density at radius 2 is 1.86 bits per heavy atom. The Balaban J connectivity index is 1.59. The van der Waals surface area contributed by atoms with E-state index in [-0.39, 0.29) is 6.54 Å². The minimum absolute atomic E-state index is 0.262. The lowest BCUT2D eigenvalue weighted by Gasteiger charge is -2.12. The van der Waals surface area contributed by atoms with Gasteiger partial charge in [0, 0.05) is 17.5 Å². The molecule has 1 aromatic heterocycles. The van der Waals surface area contributed by atoms with Crippen LogP contribution < -0.4 is 5.32 Å². The number of fused-ring (bicyclic) bond motifs is 1. The molecule has 1 heterocycles. The highest BCUT2D eigenvalue weighted by atomic mass is 19.1. The Labute approximate surface area is 122 Å². The standard InChI is InChI=1S/C17H16FNO2/c18-15-7-3-2-6-14(15)16(20)11-19-10-13-9-12-5-1-4-8-17(12)21-13/h1-9,16,19-20H,10-11H2. The number of hydrogen-bond donors (Lipinski definition) is 2. The normalized spacial score (nSPS) is 12.7. The van der Waals surface area contributed by atoms with Crippen molar-refractivity contribution >= 4 is 11.0 Å². The lowest BCUT2D eigenvalue weighted by molar-refractivity contribution is 0.169. The molecule has 108 valence electrons. The lowest BCUT2D eigenvalue weighted by atomic mass is 10.1. The maximum Gasteiger partial charge on any atom is 0.134 e. The summed E-state index contributed by atoms with van der Waals surface area (Å²) >= 11 is 0. The highest BCUT2D eigenvalue weighted by Gasteiger charge is 2.12. The molecule has 3 rings (SSSR count). The molecule has 2 aromatic carbocycles. The molecule has 0 aliphatic heterocycles. The number of rotatable bonds is 5. The molecular weight excluding hydrogens is 269 g/mol. The Bertz CT molecular complexity index is 705. The minimum atomic E-state index is -0.879. The third-order valence-corrected chi connectivity index (χ3v) is 3.38. The second-order valence-electron chi connectivity index (χ2n) is 4.92. The SMILES string of the molecule is OC(CNCc1cc2ccccc2o1)c1ccccc1F. The third kappa shape index (κ3) is 3.12. The van der Waals surface area contributed by atoms with E-state index in [1.54, 1.807) is 18.2 Å². The van der Waals surface area contributed by atoms with E-state index in [1.807, 2.05) is 30.3 Å². The van der Waals surface area contributed by atoms with Crippen LogP contribution in [0.1, 0.15) is 17.4 Å². The average Bonchev–Trinajstić information content (AvgIpc) is 2.90. The van der Waals surface area contributed by atoms with E-state index >= 15 is 0 Å². The molecular formula is C17H16FNO2. The number of furan rings is 1. The van der Waals surface area contributed by atoms with Crippen molar-refractivity contribution in [1.29, 1.82) is 0 Å². The van der Waals surface area contributed by atoms with Gasteiger partial charge in [-0.25, -0.2) is 4.39 Å². The zero-order valence-electron chi connectivity index (χ0n) is 11.4. The first kappa shape index (κ1) is 13.8. The highest BCUT2D eigenvalue weighted by Crippen LogP contribution is 2.19. The van der Waals surface area contributed by atoms with Crippen molar-refractivity contribution in [2.45, 2.75) is 12.6 Å². The van der Waals surface area contributed by atoms with E-state index in [0.29, 0.717) is 12.1 Å². The number of benzene rings is 2. The van der Waals surface area contributed by atoms with Gasteiger partial charge in [-0.3, -0.25) is 0 Å². The molecule has 1 atom stereocenters. The Hall–Kier alpha value is -2.17. The highest BCUT2D eigenvalue weighted by molar-refractivity contribution is 5.77. The summed E-state index contributed by atoms with van der Waals surface area (Å²) in [7, 11) is 0. The van der Waals surface area contributed by atoms with Crippen molar-refractivity contribution in [2.75, 3.05) is 6.54 Å². The summed E-state index contributed by atoms with van der Waals surface area (Å²) in [5.41, 5.74) is 1.14. The Kier molecular flexibility index (Phi) is 3.99. The van der Waals surface area contributed by atoms with Crippen LogP contribution in [-0.2, 0) is 6.54 Å². The van der Waals surface area contributed by atoms with Crippen LogP contribution in [0.2, 0.25) is 0 Å². The zero-order chi connectivity index (χ0) is 14.7. The summed E-state index contributed by atoms with van der Waals surface area (Å²) in [6.45, 7) is 0.748. The lowest BCUT2D eigenvalue weighted by Crippen LogP contribution is -2.21. The molecule has 1 unspecified atom stereocenters. The molecule has 21 heavy (non-hydrogen) atoms.